The monoisotopic (exact) mass is 277 g/mol. The normalized spacial score (nSPS) is 12.5. The van der Waals surface area contributed by atoms with Gasteiger partial charge in [0.2, 0.25) is 0 Å². The van der Waals surface area contributed by atoms with Gasteiger partial charge >= 0.3 is 0 Å². The van der Waals surface area contributed by atoms with E-state index in [1.807, 2.05) is 6.20 Å². The molecule has 0 aromatic carbocycles. The lowest BCUT2D eigenvalue weighted by molar-refractivity contribution is 0.182. The van der Waals surface area contributed by atoms with Gasteiger partial charge in [0.25, 0.3) is 0 Å². The quantitative estimate of drug-likeness (QED) is 0.854. The largest absolute Gasteiger partial charge is 0.369 e. The van der Waals surface area contributed by atoms with Gasteiger partial charge in [-0.25, -0.2) is 4.98 Å². The van der Waals surface area contributed by atoms with Crippen LogP contribution in [0.5, 0.6) is 0 Å². The molecular formula is C17H31N3. The lowest BCUT2D eigenvalue weighted by atomic mass is 9.88. The van der Waals surface area contributed by atoms with Crippen molar-refractivity contribution < 1.29 is 0 Å². The Morgan fingerprint density at radius 1 is 1.15 bits per heavy atom. The minimum absolute atomic E-state index is 0.168. The maximum atomic E-state index is 4.41. The van der Waals surface area contributed by atoms with Crippen LogP contribution >= 0.6 is 0 Å². The summed E-state index contributed by atoms with van der Waals surface area (Å²) in [5, 5.41) is 3.44. The molecule has 1 heterocycles. The highest BCUT2D eigenvalue weighted by Gasteiger charge is 2.15. The SMILES string of the molecule is CC(C)N(CCNc1cc(C(C)(C)C)ccn1)C(C)C. The number of hydrogen-bond donors (Lipinski definition) is 1. The van der Waals surface area contributed by atoms with Crippen molar-refractivity contribution in [2.24, 2.45) is 0 Å². The molecule has 0 aliphatic heterocycles. The third kappa shape index (κ3) is 5.12. The average Bonchev–Trinajstić information content (AvgIpc) is 2.33. The Morgan fingerprint density at radius 3 is 2.25 bits per heavy atom. The van der Waals surface area contributed by atoms with Gasteiger partial charge in [-0.15, -0.1) is 0 Å². The Balaban J connectivity index is 2.58. The van der Waals surface area contributed by atoms with Gasteiger partial charge in [-0.3, -0.25) is 4.90 Å². The van der Waals surface area contributed by atoms with E-state index >= 15 is 0 Å². The van der Waals surface area contributed by atoms with Crippen LogP contribution in [0.3, 0.4) is 0 Å². The maximum absolute atomic E-state index is 4.41. The zero-order valence-corrected chi connectivity index (χ0v) is 14.2. The predicted molar refractivity (Wildman–Crippen MR) is 88.4 cm³/mol. The van der Waals surface area contributed by atoms with E-state index in [1.165, 1.54) is 5.56 Å². The van der Waals surface area contributed by atoms with Gasteiger partial charge in [0.15, 0.2) is 0 Å². The lowest BCUT2D eigenvalue weighted by Gasteiger charge is -2.30. The molecule has 0 bridgehead atoms. The number of pyridine rings is 1. The molecule has 1 aromatic heterocycles. The van der Waals surface area contributed by atoms with E-state index in [1.54, 1.807) is 0 Å². The molecule has 0 spiro atoms. The molecule has 0 radical (unpaired) electrons. The molecule has 3 heteroatoms. The highest BCUT2D eigenvalue weighted by molar-refractivity contribution is 5.39. The van der Waals surface area contributed by atoms with E-state index in [2.05, 4.69) is 75.8 Å². The van der Waals surface area contributed by atoms with Crippen molar-refractivity contribution in [3.05, 3.63) is 23.9 Å². The second-order valence-corrected chi connectivity index (χ2v) is 7.03. The van der Waals surface area contributed by atoms with Crippen LogP contribution in [-0.4, -0.2) is 35.1 Å². The van der Waals surface area contributed by atoms with E-state index < -0.39 is 0 Å². The molecule has 3 nitrogen and oxygen atoms in total. The number of nitrogens with one attached hydrogen (secondary N) is 1. The molecule has 20 heavy (non-hydrogen) atoms. The Hall–Kier alpha value is -1.09. The van der Waals surface area contributed by atoms with Crippen LogP contribution in [0.1, 0.15) is 54.0 Å². The van der Waals surface area contributed by atoms with Gasteiger partial charge in [0.1, 0.15) is 5.82 Å². The van der Waals surface area contributed by atoms with Gasteiger partial charge in [0.05, 0.1) is 0 Å². The first-order chi connectivity index (χ1) is 9.21. The number of nitrogens with zero attached hydrogens (tertiary/aromatic N) is 2. The molecule has 0 unspecified atom stereocenters. The summed E-state index contributed by atoms with van der Waals surface area (Å²) in [6.07, 6.45) is 1.89. The summed E-state index contributed by atoms with van der Waals surface area (Å²) in [5.41, 5.74) is 1.49. The van der Waals surface area contributed by atoms with Crippen molar-refractivity contribution in [2.45, 2.75) is 66.0 Å². The number of anilines is 1. The fraction of sp³-hybridized carbons (Fsp3) is 0.706. The predicted octanol–water partition coefficient (Wildman–Crippen LogP) is 3.91. The first-order valence-corrected chi connectivity index (χ1v) is 7.68. The zero-order chi connectivity index (χ0) is 15.3. The summed E-state index contributed by atoms with van der Waals surface area (Å²) < 4.78 is 0. The topological polar surface area (TPSA) is 28.2 Å². The van der Waals surface area contributed by atoms with Gasteiger partial charge in [-0.2, -0.15) is 0 Å². The molecule has 1 rings (SSSR count). The summed E-state index contributed by atoms with van der Waals surface area (Å²) in [6.45, 7) is 17.6. The summed E-state index contributed by atoms with van der Waals surface area (Å²) in [7, 11) is 0. The average molecular weight is 277 g/mol. The first kappa shape index (κ1) is 17.0. The minimum atomic E-state index is 0.168. The van der Waals surface area contributed by atoms with Crippen LogP contribution in [0.2, 0.25) is 0 Å². The summed E-state index contributed by atoms with van der Waals surface area (Å²) >= 11 is 0. The third-order valence-corrected chi connectivity index (χ3v) is 3.63. The number of aromatic nitrogens is 1. The molecular weight excluding hydrogens is 246 g/mol. The van der Waals surface area contributed by atoms with Crippen LogP contribution < -0.4 is 5.32 Å². The first-order valence-electron chi connectivity index (χ1n) is 7.68. The molecule has 114 valence electrons. The summed E-state index contributed by atoms with van der Waals surface area (Å²) in [5.74, 6) is 0.977. The van der Waals surface area contributed by atoms with Crippen molar-refractivity contribution in [1.29, 1.82) is 0 Å². The second kappa shape index (κ2) is 7.07. The van der Waals surface area contributed by atoms with Gasteiger partial charge in [-0.05, 0) is 50.8 Å². The molecule has 0 atom stereocenters. The van der Waals surface area contributed by atoms with Gasteiger partial charge in [0, 0.05) is 31.4 Å². The molecule has 0 fully saturated rings. The smallest absolute Gasteiger partial charge is 0.126 e. The Kier molecular flexibility index (Phi) is 6.00. The van der Waals surface area contributed by atoms with E-state index in [0.717, 1.165) is 18.9 Å². The Bertz CT molecular complexity index is 397. The third-order valence-electron chi connectivity index (χ3n) is 3.63. The van der Waals surface area contributed by atoms with Gasteiger partial charge in [-0.1, -0.05) is 20.8 Å². The maximum Gasteiger partial charge on any atom is 0.126 e. The minimum Gasteiger partial charge on any atom is -0.369 e. The molecule has 0 aliphatic carbocycles. The fourth-order valence-electron chi connectivity index (χ4n) is 2.42. The molecule has 0 amide bonds. The van der Waals surface area contributed by atoms with Crippen LogP contribution in [-0.2, 0) is 5.41 Å². The second-order valence-electron chi connectivity index (χ2n) is 7.03. The van der Waals surface area contributed by atoms with Crippen molar-refractivity contribution in [1.82, 2.24) is 9.88 Å². The van der Waals surface area contributed by atoms with Crippen molar-refractivity contribution in [3.63, 3.8) is 0 Å². The highest BCUT2D eigenvalue weighted by atomic mass is 15.2. The van der Waals surface area contributed by atoms with Gasteiger partial charge < -0.3 is 5.32 Å². The highest BCUT2D eigenvalue weighted by Crippen LogP contribution is 2.23. The van der Waals surface area contributed by atoms with Crippen LogP contribution in [0, 0.1) is 0 Å². The van der Waals surface area contributed by atoms with E-state index in [4.69, 9.17) is 0 Å². The summed E-state index contributed by atoms with van der Waals surface area (Å²) in [4.78, 5) is 6.90. The zero-order valence-electron chi connectivity index (χ0n) is 14.2. The molecule has 0 aliphatic rings. The fourth-order valence-corrected chi connectivity index (χ4v) is 2.42. The van der Waals surface area contributed by atoms with Crippen molar-refractivity contribution in [2.75, 3.05) is 18.4 Å². The van der Waals surface area contributed by atoms with E-state index in [0.29, 0.717) is 12.1 Å². The molecule has 1 N–H and O–H groups in total. The molecule has 1 aromatic rings. The number of rotatable bonds is 6. The number of hydrogen-bond acceptors (Lipinski definition) is 3. The summed E-state index contributed by atoms with van der Waals surface area (Å²) in [6, 6.07) is 5.41. The Morgan fingerprint density at radius 2 is 1.75 bits per heavy atom. The van der Waals surface area contributed by atoms with E-state index in [-0.39, 0.29) is 5.41 Å². The Labute approximate surface area is 124 Å². The van der Waals surface area contributed by atoms with E-state index in [9.17, 15) is 0 Å². The molecule has 0 saturated heterocycles. The van der Waals surface area contributed by atoms with Crippen LogP contribution in [0.15, 0.2) is 18.3 Å². The standard InChI is InChI=1S/C17H31N3/c1-13(2)20(14(3)4)11-10-19-16-12-15(8-9-18-16)17(5,6)7/h8-9,12-14H,10-11H2,1-7H3,(H,18,19). The lowest BCUT2D eigenvalue weighted by Crippen LogP contribution is -2.40. The molecule has 0 saturated carbocycles. The van der Waals surface area contributed by atoms with Crippen molar-refractivity contribution >= 4 is 5.82 Å². The van der Waals surface area contributed by atoms with Crippen LogP contribution in [0.25, 0.3) is 0 Å². The van der Waals surface area contributed by atoms with Crippen LogP contribution in [0.4, 0.5) is 5.82 Å². The van der Waals surface area contributed by atoms with Crippen molar-refractivity contribution in [3.8, 4) is 0 Å².